The summed E-state index contributed by atoms with van der Waals surface area (Å²) in [5.41, 5.74) is 7.78. The van der Waals surface area contributed by atoms with E-state index in [0.717, 1.165) is 24.2 Å². The van der Waals surface area contributed by atoms with Gasteiger partial charge in [0.2, 0.25) is 0 Å². The first-order chi connectivity index (χ1) is 8.98. The molecule has 1 fully saturated rings. The minimum Gasteiger partial charge on any atom is -0.493 e. The van der Waals surface area contributed by atoms with Gasteiger partial charge in [-0.2, -0.15) is 0 Å². The maximum Gasteiger partial charge on any atom is 0.251 e. The molecule has 1 aromatic carbocycles. The highest BCUT2D eigenvalue weighted by molar-refractivity contribution is 5.95. The predicted octanol–water partition coefficient (Wildman–Crippen LogP) is 1.48. The van der Waals surface area contributed by atoms with Crippen molar-refractivity contribution in [1.82, 2.24) is 5.32 Å². The standard InChI is InChI=1S/C15H20N2O2/c1-15(2)12(16)8-13(15)17-14(18)10-3-4-11-9(7-10)5-6-19-11/h3-4,7,12-13H,5-6,8,16H2,1-2H3,(H,17,18). The largest absolute Gasteiger partial charge is 0.493 e. The molecule has 102 valence electrons. The highest BCUT2D eigenvalue weighted by Crippen LogP contribution is 2.39. The van der Waals surface area contributed by atoms with Crippen molar-refractivity contribution in [2.75, 3.05) is 6.61 Å². The molecule has 4 nitrogen and oxygen atoms in total. The van der Waals surface area contributed by atoms with E-state index >= 15 is 0 Å². The zero-order chi connectivity index (χ0) is 13.6. The maximum atomic E-state index is 12.2. The van der Waals surface area contributed by atoms with Gasteiger partial charge < -0.3 is 15.8 Å². The van der Waals surface area contributed by atoms with Crippen molar-refractivity contribution in [1.29, 1.82) is 0 Å². The first-order valence-electron chi connectivity index (χ1n) is 6.80. The normalized spacial score (nSPS) is 27.1. The maximum absolute atomic E-state index is 12.2. The lowest BCUT2D eigenvalue weighted by Crippen LogP contribution is -2.64. The molecule has 0 radical (unpaired) electrons. The lowest BCUT2D eigenvalue weighted by molar-refractivity contribution is 0.0586. The number of nitrogens with two attached hydrogens (primary N) is 1. The Morgan fingerprint density at radius 2 is 2.26 bits per heavy atom. The highest BCUT2D eigenvalue weighted by Gasteiger charge is 2.46. The van der Waals surface area contributed by atoms with Crippen LogP contribution in [0.3, 0.4) is 0 Å². The molecule has 0 spiro atoms. The summed E-state index contributed by atoms with van der Waals surface area (Å²) in [5.74, 6) is 0.891. The Morgan fingerprint density at radius 1 is 1.47 bits per heavy atom. The Labute approximate surface area is 113 Å². The molecule has 1 amide bonds. The molecule has 2 aliphatic rings. The fraction of sp³-hybridized carbons (Fsp3) is 0.533. The number of nitrogens with one attached hydrogen (secondary N) is 1. The molecule has 3 rings (SSSR count). The van der Waals surface area contributed by atoms with Crippen LogP contribution in [0.2, 0.25) is 0 Å². The third-order valence-electron chi connectivity index (χ3n) is 4.60. The monoisotopic (exact) mass is 260 g/mol. The number of carbonyl (C=O) groups is 1. The van der Waals surface area contributed by atoms with Gasteiger partial charge in [-0.3, -0.25) is 4.79 Å². The van der Waals surface area contributed by atoms with E-state index in [1.807, 2.05) is 18.2 Å². The van der Waals surface area contributed by atoms with Crippen molar-refractivity contribution in [3.8, 4) is 5.75 Å². The van der Waals surface area contributed by atoms with Gasteiger partial charge in [-0.05, 0) is 30.2 Å². The van der Waals surface area contributed by atoms with Gasteiger partial charge in [-0.1, -0.05) is 13.8 Å². The van der Waals surface area contributed by atoms with Gasteiger partial charge in [0.15, 0.2) is 0 Å². The summed E-state index contributed by atoms with van der Waals surface area (Å²) in [6.07, 6.45) is 1.74. The molecule has 4 heteroatoms. The molecule has 19 heavy (non-hydrogen) atoms. The molecule has 1 saturated carbocycles. The number of benzene rings is 1. The summed E-state index contributed by atoms with van der Waals surface area (Å²) in [4.78, 5) is 12.2. The van der Waals surface area contributed by atoms with Crippen molar-refractivity contribution in [2.45, 2.75) is 38.8 Å². The molecule has 1 aliphatic carbocycles. The number of rotatable bonds is 2. The van der Waals surface area contributed by atoms with Gasteiger partial charge in [0, 0.05) is 29.5 Å². The van der Waals surface area contributed by atoms with Crippen LogP contribution in [-0.4, -0.2) is 24.6 Å². The number of carbonyl (C=O) groups excluding carboxylic acids is 1. The van der Waals surface area contributed by atoms with E-state index in [9.17, 15) is 4.79 Å². The Kier molecular flexibility index (Phi) is 2.78. The molecule has 1 aliphatic heterocycles. The zero-order valence-corrected chi connectivity index (χ0v) is 11.4. The van der Waals surface area contributed by atoms with Gasteiger partial charge in [0.05, 0.1) is 6.61 Å². The molecule has 1 heterocycles. The SMILES string of the molecule is CC1(C)C(N)CC1NC(=O)c1ccc2c(c1)CCO2. The van der Waals surface area contributed by atoms with Crippen molar-refractivity contribution in [3.63, 3.8) is 0 Å². The molecular formula is C15H20N2O2. The van der Waals surface area contributed by atoms with E-state index in [1.54, 1.807) is 0 Å². The lowest BCUT2D eigenvalue weighted by atomic mass is 9.63. The average molecular weight is 260 g/mol. The minimum atomic E-state index is -0.0184. The molecule has 0 aromatic heterocycles. The molecule has 2 atom stereocenters. The van der Waals surface area contributed by atoms with Crippen LogP contribution in [0.5, 0.6) is 5.75 Å². The Balaban J connectivity index is 1.71. The van der Waals surface area contributed by atoms with E-state index in [4.69, 9.17) is 10.5 Å². The lowest BCUT2D eigenvalue weighted by Gasteiger charge is -2.50. The first kappa shape index (κ1) is 12.5. The van der Waals surface area contributed by atoms with E-state index in [2.05, 4.69) is 19.2 Å². The van der Waals surface area contributed by atoms with Crippen molar-refractivity contribution < 1.29 is 9.53 Å². The van der Waals surface area contributed by atoms with Crippen LogP contribution in [0, 0.1) is 5.41 Å². The third-order valence-corrected chi connectivity index (χ3v) is 4.60. The van der Waals surface area contributed by atoms with Gasteiger partial charge in [-0.15, -0.1) is 0 Å². The second-order valence-corrected chi connectivity index (χ2v) is 6.11. The number of hydrogen-bond acceptors (Lipinski definition) is 3. The van der Waals surface area contributed by atoms with Gasteiger partial charge in [-0.25, -0.2) is 0 Å². The molecule has 3 N–H and O–H groups in total. The minimum absolute atomic E-state index is 0.0142. The first-order valence-corrected chi connectivity index (χ1v) is 6.80. The fourth-order valence-electron chi connectivity index (χ4n) is 2.77. The smallest absolute Gasteiger partial charge is 0.251 e. The Morgan fingerprint density at radius 3 is 2.95 bits per heavy atom. The molecular weight excluding hydrogens is 240 g/mol. The summed E-state index contributed by atoms with van der Waals surface area (Å²) in [6.45, 7) is 4.91. The fourth-order valence-corrected chi connectivity index (χ4v) is 2.77. The van der Waals surface area contributed by atoms with Crippen LogP contribution in [0.15, 0.2) is 18.2 Å². The van der Waals surface area contributed by atoms with E-state index in [0.29, 0.717) is 12.2 Å². The average Bonchev–Trinajstić information content (AvgIpc) is 2.85. The molecule has 0 bridgehead atoms. The van der Waals surface area contributed by atoms with Crippen molar-refractivity contribution >= 4 is 5.91 Å². The third kappa shape index (κ3) is 2.00. The number of hydrogen-bond donors (Lipinski definition) is 2. The van der Waals surface area contributed by atoms with Gasteiger partial charge in [0.1, 0.15) is 5.75 Å². The second-order valence-electron chi connectivity index (χ2n) is 6.11. The zero-order valence-electron chi connectivity index (χ0n) is 11.4. The van der Waals surface area contributed by atoms with Crippen LogP contribution < -0.4 is 15.8 Å². The van der Waals surface area contributed by atoms with Crippen LogP contribution in [-0.2, 0) is 6.42 Å². The Hall–Kier alpha value is -1.55. The highest BCUT2D eigenvalue weighted by atomic mass is 16.5. The predicted molar refractivity (Wildman–Crippen MR) is 73.3 cm³/mol. The second kappa shape index (κ2) is 4.23. The van der Waals surface area contributed by atoms with Crippen molar-refractivity contribution in [3.05, 3.63) is 29.3 Å². The van der Waals surface area contributed by atoms with E-state index in [-0.39, 0.29) is 23.4 Å². The number of amides is 1. The van der Waals surface area contributed by atoms with Crippen molar-refractivity contribution in [2.24, 2.45) is 11.1 Å². The number of ether oxygens (including phenoxy) is 1. The molecule has 2 unspecified atom stereocenters. The van der Waals surface area contributed by atoms with Gasteiger partial charge in [0.25, 0.3) is 5.91 Å². The van der Waals surface area contributed by atoms with Crippen LogP contribution in [0.4, 0.5) is 0 Å². The summed E-state index contributed by atoms with van der Waals surface area (Å²) < 4.78 is 5.45. The summed E-state index contributed by atoms with van der Waals surface area (Å²) >= 11 is 0. The van der Waals surface area contributed by atoms with Crippen LogP contribution in [0.25, 0.3) is 0 Å². The van der Waals surface area contributed by atoms with E-state index in [1.165, 1.54) is 0 Å². The summed E-state index contributed by atoms with van der Waals surface area (Å²) in [7, 11) is 0. The molecule has 1 aromatic rings. The summed E-state index contributed by atoms with van der Waals surface area (Å²) in [5, 5.41) is 3.08. The van der Waals surface area contributed by atoms with Crippen LogP contribution in [0.1, 0.15) is 36.2 Å². The summed E-state index contributed by atoms with van der Waals surface area (Å²) in [6, 6.07) is 5.98. The van der Waals surface area contributed by atoms with Crippen LogP contribution >= 0.6 is 0 Å². The van der Waals surface area contributed by atoms with E-state index < -0.39 is 0 Å². The topological polar surface area (TPSA) is 64.3 Å². The number of fused-ring (bicyclic) bond motifs is 1. The van der Waals surface area contributed by atoms with Gasteiger partial charge >= 0.3 is 0 Å². The Bertz CT molecular complexity index is 525. The molecule has 0 saturated heterocycles. The quantitative estimate of drug-likeness (QED) is 0.846.